The first-order valence-corrected chi connectivity index (χ1v) is 10.9. The average Bonchev–Trinajstić information content (AvgIpc) is 3.31. The van der Waals surface area contributed by atoms with E-state index in [4.69, 9.17) is 9.47 Å². The zero-order chi connectivity index (χ0) is 19.3. The number of amides is 1. The van der Waals surface area contributed by atoms with Crippen molar-refractivity contribution in [1.29, 1.82) is 0 Å². The number of ether oxygens (including phenoxy) is 2. The molecule has 28 heavy (non-hydrogen) atoms. The molecule has 1 aromatic heterocycles. The normalized spacial score (nSPS) is 13.8. The first-order chi connectivity index (χ1) is 13.6. The van der Waals surface area contributed by atoms with E-state index in [1.807, 2.05) is 36.0 Å². The van der Waals surface area contributed by atoms with Crippen LogP contribution >= 0.6 is 23.1 Å². The third-order valence-corrected chi connectivity index (χ3v) is 7.26. The van der Waals surface area contributed by atoms with Gasteiger partial charge in [0.15, 0.2) is 11.5 Å². The van der Waals surface area contributed by atoms with Gasteiger partial charge in [-0.2, -0.15) is 0 Å². The van der Waals surface area contributed by atoms with Gasteiger partial charge in [0.25, 0.3) is 5.91 Å². The fourth-order valence-corrected chi connectivity index (χ4v) is 6.26. The van der Waals surface area contributed by atoms with Crippen LogP contribution in [0.3, 0.4) is 0 Å². The number of fused-ring (bicyclic) bond motifs is 4. The van der Waals surface area contributed by atoms with Crippen LogP contribution in [0.4, 0.5) is 0 Å². The molecule has 0 bridgehead atoms. The molecule has 2 aromatic carbocycles. The minimum atomic E-state index is -0.0339. The van der Waals surface area contributed by atoms with Crippen LogP contribution < -0.4 is 14.8 Å². The van der Waals surface area contributed by atoms with Crippen molar-refractivity contribution in [2.24, 2.45) is 0 Å². The lowest BCUT2D eigenvalue weighted by molar-refractivity contribution is 0.0955. The molecular weight excluding hydrogens is 390 g/mol. The molecule has 0 saturated carbocycles. The molecule has 0 radical (unpaired) electrons. The molecule has 0 saturated heterocycles. The summed E-state index contributed by atoms with van der Waals surface area (Å²) in [7, 11) is 0. The molecule has 142 valence electrons. The van der Waals surface area contributed by atoms with Crippen molar-refractivity contribution in [3.63, 3.8) is 0 Å². The standard InChI is InChI=1S/C22H19NO3S2/c1-12-5-13(2)20-18(6-12)27-10-15-8-19(28-21(15)20)22(24)23-9-14-3-4-16-17(7-14)26-11-25-16/h3-8H,9-11H2,1-2H3,(H,23,24). The topological polar surface area (TPSA) is 47.6 Å². The van der Waals surface area contributed by atoms with E-state index in [0.717, 1.165) is 27.7 Å². The van der Waals surface area contributed by atoms with Gasteiger partial charge in [0, 0.05) is 27.6 Å². The van der Waals surface area contributed by atoms with E-state index in [9.17, 15) is 4.79 Å². The van der Waals surface area contributed by atoms with E-state index in [-0.39, 0.29) is 12.7 Å². The van der Waals surface area contributed by atoms with Crippen LogP contribution in [0.2, 0.25) is 0 Å². The Hall–Kier alpha value is -2.44. The highest BCUT2D eigenvalue weighted by atomic mass is 32.2. The summed E-state index contributed by atoms with van der Waals surface area (Å²) in [6, 6.07) is 12.3. The van der Waals surface area contributed by atoms with Gasteiger partial charge in [-0.1, -0.05) is 12.1 Å². The third-order valence-electron chi connectivity index (χ3n) is 4.98. The molecule has 3 heterocycles. The zero-order valence-electron chi connectivity index (χ0n) is 15.6. The maximum atomic E-state index is 12.8. The lowest BCUT2D eigenvalue weighted by atomic mass is 10.0. The minimum Gasteiger partial charge on any atom is -0.454 e. The maximum Gasteiger partial charge on any atom is 0.261 e. The maximum absolute atomic E-state index is 12.8. The van der Waals surface area contributed by atoms with Crippen LogP contribution in [-0.4, -0.2) is 12.7 Å². The molecule has 0 atom stereocenters. The van der Waals surface area contributed by atoms with Crippen LogP contribution in [0.5, 0.6) is 11.5 Å². The number of nitrogens with one attached hydrogen (secondary N) is 1. The van der Waals surface area contributed by atoms with Crippen molar-refractivity contribution >= 4 is 29.0 Å². The van der Waals surface area contributed by atoms with Gasteiger partial charge in [-0.05, 0) is 60.4 Å². The van der Waals surface area contributed by atoms with E-state index in [0.29, 0.717) is 6.54 Å². The van der Waals surface area contributed by atoms with Crippen molar-refractivity contribution in [3.05, 3.63) is 63.5 Å². The molecule has 3 aromatic rings. The van der Waals surface area contributed by atoms with Gasteiger partial charge in [-0.3, -0.25) is 4.79 Å². The monoisotopic (exact) mass is 409 g/mol. The Balaban J connectivity index is 1.36. The molecule has 0 spiro atoms. The predicted molar refractivity (Wildman–Crippen MR) is 113 cm³/mol. The smallest absolute Gasteiger partial charge is 0.261 e. The molecular formula is C22H19NO3S2. The van der Waals surface area contributed by atoms with Gasteiger partial charge in [0.2, 0.25) is 6.79 Å². The SMILES string of the molecule is Cc1cc(C)c2c(c1)SCc1cc(C(=O)NCc3ccc4c(c3)OCO4)sc1-2. The highest BCUT2D eigenvalue weighted by molar-refractivity contribution is 7.98. The fourth-order valence-electron chi connectivity index (χ4n) is 3.67. The quantitative estimate of drug-likeness (QED) is 0.638. The van der Waals surface area contributed by atoms with Crippen LogP contribution in [-0.2, 0) is 12.3 Å². The molecule has 4 nitrogen and oxygen atoms in total. The van der Waals surface area contributed by atoms with Crippen molar-refractivity contribution in [2.75, 3.05) is 6.79 Å². The number of hydrogen-bond acceptors (Lipinski definition) is 5. The van der Waals surface area contributed by atoms with E-state index >= 15 is 0 Å². The molecule has 0 unspecified atom stereocenters. The lowest BCUT2D eigenvalue weighted by Gasteiger charge is -2.18. The zero-order valence-corrected chi connectivity index (χ0v) is 17.3. The number of benzene rings is 2. The van der Waals surface area contributed by atoms with Gasteiger partial charge in [0.05, 0.1) is 4.88 Å². The van der Waals surface area contributed by atoms with Crippen molar-refractivity contribution in [2.45, 2.75) is 31.0 Å². The Morgan fingerprint density at radius 1 is 1.11 bits per heavy atom. The molecule has 1 N–H and O–H groups in total. The molecule has 2 aliphatic rings. The summed E-state index contributed by atoms with van der Waals surface area (Å²) in [5.41, 5.74) is 6.09. The van der Waals surface area contributed by atoms with Gasteiger partial charge < -0.3 is 14.8 Å². The van der Waals surface area contributed by atoms with Crippen LogP contribution in [0.1, 0.15) is 31.9 Å². The number of carbonyl (C=O) groups excluding carboxylic acids is 1. The molecule has 1 amide bonds. The Kier molecular flexibility index (Phi) is 4.33. The van der Waals surface area contributed by atoms with Gasteiger partial charge in [-0.15, -0.1) is 23.1 Å². The average molecular weight is 410 g/mol. The largest absolute Gasteiger partial charge is 0.454 e. The molecule has 0 fully saturated rings. The first kappa shape index (κ1) is 17.6. The lowest BCUT2D eigenvalue weighted by Crippen LogP contribution is -2.21. The molecule has 5 rings (SSSR count). The van der Waals surface area contributed by atoms with E-state index in [1.165, 1.54) is 32.0 Å². The second-order valence-corrected chi connectivity index (χ2v) is 9.15. The highest BCUT2D eigenvalue weighted by Gasteiger charge is 2.24. The molecule has 0 aliphatic carbocycles. The summed E-state index contributed by atoms with van der Waals surface area (Å²) in [6.07, 6.45) is 0. The summed E-state index contributed by atoms with van der Waals surface area (Å²) in [5, 5.41) is 3.03. The summed E-state index contributed by atoms with van der Waals surface area (Å²) < 4.78 is 10.7. The minimum absolute atomic E-state index is 0.0339. The third kappa shape index (κ3) is 3.06. The summed E-state index contributed by atoms with van der Waals surface area (Å²) in [5.74, 6) is 2.37. The van der Waals surface area contributed by atoms with E-state index in [2.05, 4.69) is 31.3 Å². The number of rotatable bonds is 3. The summed E-state index contributed by atoms with van der Waals surface area (Å²) in [6.45, 7) is 5.00. The van der Waals surface area contributed by atoms with Crippen molar-refractivity contribution in [3.8, 4) is 21.9 Å². The van der Waals surface area contributed by atoms with Crippen LogP contribution in [0.25, 0.3) is 10.4 Å². The van der Waals surface area contributed by atoms with Gasteiger partial charge >= 0.3 is 0 Å². The van der Waals surface area contributed by atoms with Crippen LogP contribution in [0, 0.1) is 13.8 Å². The highest BCUT2D eigenvalue weighted by Crippen LogP contribution is 2.47. The Labute approximate surface area is 171 Å². The number of thiophene rings is 1. The first-order valence-electron chi connectivity index (χ1n) is 9.12. The van der Waals surface area contributed by atoms with Gasteiger partial charge in [-0.25, -0.2) is 0 Å². The summed E-state index contributed by atoms with van der Waals surface area (Å²) in [4.78, 5) is 16.1. The Morgan fingerprint density at radius 2 is 1.96 bits per heavy atom. The number of hydrogen-bond donors (Lipinski definition) is 1. The van der Waals surface area contributed by atoms with E-state index < -0.39 is 0 Å². The van der Waals surface area contributed by atoms with Crippen molar-refractivity contribution in [1.82, 2.24) is 5.32 Å². The predicted octanol–water partition coefficient (Wildman–Crippen LogP) is 5.30. The number of thioether (sulfide) groups is 1. The second kappa shape index (κ2) is 6.87. The Morgan fingerprint density at radius 3 is 2.86 bits per heavy atom. The van der Waals surface area contributed by atoms with Gasteiger partial charge in [0.1, 0.15) is 0 Å². The second-order valence-electron chi connectivity index (χ2n) is 7.08. The molecule has 2 aliphatic heterocycles. The van der Waals surface area contributed by atoms with Crippen molar-refractivity contribution < 1.29 is 14.3 Å². The number of aryl methyl sites for hydroxylation is 2. The Bertz CT molecular complexity index is 1100. The van der Waals surface area contributed by atoms with E-state index in [1.54, 1.807) is 11.3 Å². The fraction of sp³-hybridized carbons (Fsp3) is 0.227. The molecule has 6 heteroatoms. The summed E-state index contributed by atoms with van der Waals surface area (Å²) >= 11 is 3.45. The van der Waals surface area contributed by atoms with Crippen LogP contribution in [0.15, 0.2) is 41.3 Å². The number of carbonyl (C=O) groups is 1.